The molecule has 40 heavy (non-hydrogen) atoms. The van der Waals surface area contributed by atoms with Crippen LogP contribution in [0, 0.1) is 0 Å². The molecule has 0 unspecified atom stereocenters. The molecule has 0 amide bonds. The number of thiazole rings is 1. The first-order chi connectivity index (χ1) is 19.5. The highest BCUT2D eigenvalue weighted by molar-refractivity contribution is 7.81. The lowest BCUT2D eigenvalue weighted by molar-refractivity contribution is 0.0176. The topological polar surface area (TPSA) is 107 Å². The minimum Gasteiger partial charge on any atom is -0.497 e. The number of nitrogen functional groups attached to an aromatic ring is 1. The van der Waals surface area contributed by atoms with Crippen molar-refractivity contribution in [3.05, 3.63) is 132 Å². The zero-order valence-electron chi connectivity index (χ0n) is 20.8. The van der Waals surface area contributed by atoms with E-state index in [2.05, 4.69) is 26.6 Å². The minimum atomic E-state index is -1.23. The van der Waals surface area contributed by atoms with Crippen LogP contribution in [-0.4, -0.2) is 30.2 Å². The summed E-state index contributed by atoms with van der Waals surface area (Å²) >= 11 is 7.69. The number of aromatic nitrogens is 3. The summed E-state index contributed by atoms with van der Waals surface area (Å²) in [4.78, 5) is 15.5. The predicted molar refractivity (Wildman–Crippen MR) is 165 cm³/mol. The Morgan fingerprint density at radius 2 is 1.48 bits per heavy atom. The minimum absolute atomic E-state index is 0.0819. The molecule has 7 nitrogen and oxygen atoms in total. The fourth-order valence-electron chi connectivity index (χ4n) is 4.49. The molecule has 3 N–H and O–H groups in total. The summed E-state index contributed by atoms with van der Waals surface area (Å²) in [6, 6.07) is 35.7. The van der Waals surface area contributed by atoms with E-state index >= 15 is 0 Å². The Morgan fingerprint density at radius 1 is 0.825 bits per heavy atom. The molecule has 0 aliphatic carbocycles. The van der Waals surface area contributed by atoms with Crippen LogP contribution in [0.1, 0.15) is 22.5 Å². The summed E-state index contributed by atoms with van der Waals surface area (Å²) < 4.78 is 5.28. The Hall–Kier alpha value is -4.51. The van der Waals surface area contributed by atoms with Crippen molar-refractivity contribution in [3.63, 3.8) is 0 Å². The Morgan fingerprint density at radius 3 is 2.10 bits per heavy atom. The average Bonchev–Trinajstić information content (AvgIpc) is 3.62. The van der Waals surface area contributed by atoms with E-state index in [-0.39, 0.29) is 16.7 Å². The number of nitrogens with zero attached hydrogens (tertiary/aromatic N) is 4. The van der Waals surface area contributed by atoms with Gasteiger partial charge < -0.3 is 15.7 Å². The molecule has 196 valence electrons. The van der Waals surface area contributed by atoms with E-state index < -0.39 is 10.7 Å². The van der Waals surface area contributed by atoms with Crippen molar-refractivity contribution in [2.45, 2.75) is 5.60 Å². The van der Waals surface area contributed by atoms with Crippen molar-refractivity contribution in [1.82, 2.24) is 14.3 Å². The highest BCUT2D eigenvalue weighted by atomic mass is 32.1. The molecule has 0 aliphatic heterocycles. The van der Waals surface area contributed by atoms with Crippen LogP contribution in [0.3, 0.4) is 0 Å². The molecule has 0 aliphatic rings. The maximum absolute atomic E-state index is 10.3. The number of hydrogen-bond acceptors (Lipinski definition) is 9. The number of fused-ring (bicyclic) bond motifs is 1. The van der Waals surface area contributed by atoms with E-state index in [1.807, 2.05) is 97.1 Å². The molecule has 0 saturated carbocycles. The number of rotatable bonds is 8. The smallest absolute Gasteiger partial charge is 0.215 e. The van der Waals surface area contributed by atoms with Crippen LogP contribution in [0.15, 0.2) is 114 Å². The Kier molecular flexibility index (Phi) is 7.04. The van der Waals surface area contributed by atoms with Gasteiger partial charge in [-0.2, -0.15) is 9.36 Å². The summed E-state index contributed by atoms with van der Waals surface area (Å²) in [5, 5.41) is 15.3. The monoisotopic (exact) mass is 579 g/mol. The van der Waals surface area contributed by atoms with Crippen molar-refractivity contribution < 1.29 is 9.94 Å². The van der Waals surface area contributed by atoms with Gasteiger partial charge in [0.05, 0.1) is 10.2 Å². The van der Waals surface area contributed by atoms with E-state index in [9.17, 15) is 5.11 Å². The number of nitrogens with two attached hydrogens (primary N) is 1. The van der Waals surface area contributed by atoms with Gasteiger partial charge in [0, 0.05) is 33.8 Å². The van der Waals surface area contributed by atoms with Crippen LogP contribution in [0.5, 0.6) is 0 Å². The second-order valence-electron chi connectivity index (χ2n) is 8.77. The Bertz CT molecular complexity index is 1760. The highest BCUT2D eigenvalue weighted by Gasteiger charge is 2.40. The third-order valence-corrected chi connectivity index (χ3v) is 8.12. The van der Waals surface area contributed by atoms with E-state index in [0.717, 1.165) is 49.0 Å². The van der Waals surface area contributed by atoms with Crippen molar-refractivity contribution in [3.8, 4) is 10.6 Å². The molecule has 0 bridgehead atoms. The predicted octanol–water partition coefficient (Wildman–Crippen LogP) is 7.00. The van der Waals surface area contributed by atoms with Gasteiger partial charge in [-0.1, -0.05) is 96.2 Å². The number of para-hydroxylation sites is 1. The Balaban J connectivity index is 1.58. The summed E-state index contributed by atoms with van der Waals surface area (Å²) in [6.07, 6.45) is 0. The summed E-state index contributed by atoms with van der Waals surface area (Å²) in [5.41, 5.74) is 8.81. The van der Waals surface area contributed by atoms with Crippen LogP contribution in [0.2, 0.25) is 0 Å². The maximum Gasteiger partial charge on any atom is 0.215 e. The summed E-state index contributed by atoms with van der Waals surface area (Å²) in [6.45, 7) is 0. The second kappa shape index (κ2) is 10.9. The first-order valence-electron chi connectivity index (χ1n) is 12.2. The molecule has 4 aromatic carbocycles. The van der Waals surface area contributed by atoms with Crippen molar-refractivity contribution in [1.29, 1.82) is 0 Å². The lowest BCUT2D eigenvalue weighted by Crippen LogP contribution is -2.32. The molecule has 6 aromatic rings. The fourth-order valence-corrected chi connectivity index (χ4v) is 6.02. The van der Waals surface area contributed by atoms with Crippen LogP contribution in [0.25, 0.3) is 20.8 Å². The molecule has 0 fully saturated rings. The molecule has 0 atom stereocenters. The van der Waals surface area contributed by atoms with Crippen LogP contribution < -0.4 is 5.73 Å². The normalized spacial score (nSPS) is 11.9. The number of oxime groups is 1. The molecule has 0 spiro atoms. The van der Waals surface area contributed by atoms with Gasteiger partial charge in [-0.05, 0) is 30.4 Å². The van der Waals surface area contributed by atoms with Crippen molar-refractivity contribution >= 4 is 61.2 Å². The quantitative estimate of drug-likeness (QED) is 0.0866. The number of hydrogen-bond donors (Lipinski definition) is 2. The first-order valence-corrected chi connectivity index (χ1v) is 14.2. The SMILES string of the molecule is Nc1nc(/C(=N/OC(c2ccccc2)(c2ccccc2)c2cccc(-c3nc4ccccc4s3)c2)C(O)=S)ns1. The van der Waals surface area contributed by atoms with E-state index in [1.165, 1.54) is 0 Å². The fraction of sp³-hybridized carbons (Fsp3) is 0.0333. The van der Waals surface area contributed by atoms with E-state index in [0.29, 0.717) is 0 Å². The number of anilines is 1. The lowest BCUT2D eigenvalue weighted by Gasteiger charge is -2.33. The van der Waals surface area contributed by atoms with Gasteiger partial charge in [-0.15, -0.1) is 11.3 Å². The van der Waals surface area contributed by atoms with Gasteiger partial charge in [0.2, 0.25) is 22.2 Å². The van der Waals surface area contributed by atoms with Gasteiger partial charge in [-0.3, -0.25) is 0 Å². The van der Waals surface area contributed by atoms with Crippen LogP contribution in [0.4, 0.5) is 5.13 Å². The lowest BCUT2D eigenvalue weighted by atomic mass is 9.80. The molecular weight excluding hydrogens is 559 g/mol. The number of aliphatic hydroxyl groups is 1. The number of benzene rings is 4. The van der Waals surface area contributed by atoms with Crippen LogP contribution >= 0.6 is 35.1 Å². The van der Waals surface area contributed by atoms with Gasteiger partial charge >= 0.3 is 0 Å². The standard InChI is InChI=1S/C30H21N5O2S3/c31-29-33-26(35-40-29)25(28(36)38)34-37-30(20-11-3-1-4-12-20,21-13-5-2-6-14-21)22-15-9-10-19(18-22)27-32-23-16-7-8-17-24(23)39-27/h1-18H,(H,36,38)(H2,31,33,35)/b34-25-. The van der Waals surface area contributed by atoms with E-state index in [4.69, 9.17) is 27.8 Å². The molecule has 0 saturated heterocycles. The average molecular weight is 580 g/mol. The zero-order valence-corrected chi connectivity index (χ0v) is 23.3. The molecule has 10 heteroatoms. The maximum atomic E-state index is 10.3. The summed E-state index contributed by atoms with van der Waals surface area (Å²) in [7, 11) is 0. The van der Waals surface area contributed by atoms with Crippen LogP contribution in [-0.2, 0) is 10.4 Å². The molecular formula is C30H21N5O2S3. The molecule has 2 aromatic heterocycles. The van der Waals surface area contributed by atoms with Gasteiger partial charge in [0.15, 0.2) is 5.13 Å². The third-order valence-electron chi connectivity index (χ3n) is 6.30. The molecule has 0 radical (unpaired) electrons. The zero-order chi connectivity index (χ0) is 27.5. The van der Waals surface area contributed by atoms with E-state index in [1.54, 1.807) is 11.3 Å². The highest BCUT2D eigenvalue weighted by Crippen LogP contribution is 2.42. The number of aliphatic hydroxyl groups excluding tert-OH is 1. The van der Waals surface area contributed by atoms with Crippen molar-refractivity contribution in [2.75, 3.05) is 5.73 Å². The molecule has 6 rings (SSSR count). The first kappa shape index (κ1) is 25.8. The van der Waals surface area contributed by atoms with Crippen molar-refractivity contribution in [2.24, 2.45) is 5.16 Å². The molecule has 2 heterocycles. The van der Waals surface area contributed by atoms with Gasteiger partial charge in [0.25, 0.3) is 0 Å². The van der Waals surface area contributed by atoms with Gasteiger partial charge in [-0.25, -0.2) is 4.98 Å². The number of thiocarbonyl (C=S) groups is 1. The third kappa shape index (κ3) is 4.84. The van der Waals surface area contributed by atoms with Gasteiger partial charge in [0.1, 0.15) is 5.01 Å². The summed E-state index contributed by atoms with van der Waals surface area (Å²) in [5.74, 6) is 0.0910. The second-order valence-corrected chi connectivity index (χ2v) is 11.0. The Labute approximate surface area is 243 Å². The largest absolute Gasteiger partial charge is 0.497 e.